The average Bonchev–Trinajstić information content (AvgIpc) is 2.60. The summed E-state index contributed by atoms with van der Waals surface area (Å²) in [7, 11) is -3.38. The molecule has 28 heavy (non-hydrogen) atoms. The Morgan fingerprint density at radius 1 is 1.21 bits per heavy atom. The highest BCUT2D eigenvalue weighted by molar-refractivity contribution is 7.92. The van der Waals surface area contributed by atoms with Gasteiger partial charge in [0.2, 0.25) is 15.9 Å². The monoisotopic (exact) mass is 405 g/mol. The quantitative estimate of drug-likeness (QED) is 0.563. The van der Waals surface area contributed by atoms with Gasteiger partial charge >= 0.3 is 0 Å². The lowest BCUT2D eigenvalue weighted by Crippen LogP contribution is -2.41. The Kier molecular flexibility index (Phi) is 5.48. The molecule has 0 spiro atoms. The molecule has 1 unspecified atom stereocenters. The molecule has 1 heterocycles. The lowest BCUT2D eigenvalue weighted by molar-refractivity contribution is -0.116. The van der Waals surface area contributed by atoms with Gasteiger partial charge in [0.05, 0.1) is 12.3 Å². The molecule has 0 fully saturated rings. The van der Waals surface area contributed by atoms with Crippen LogP contribution in [0.1, 0.15) is 24.1 Å². The number of nitrogens with one attached hydrogen (secondary N) is 2. The normalized spacial score (nSPS) is 16.3. The van der Waals surface area contributed by atoms with Crippen LogP contribution in [0.4, 0.5) is 11.4 Å². The molecule has 1 aliphatic rings. The molecule has 0 aromatic heterocycles. The van der Waals surface area contributed by atoms with Crippen LogP contribution in [0.5, 0.6) is 11.5 Å². The molecular weight excluding hydrogens is 382 g/mol. The molecule has 2 aromatic rings. The second-order valence-corrected chi connectivity index (χ2v) is 8.60. The number of nitrogens with zero attached hydrogens (tertiary/aromatic N) is 1. The van der Waals surface area contributed by atoms with Gasteiger partial charge in [-0.2, -0.15) is 0 Å². The maximum absolute atomic E-state index is 12.3. The summed E-state index contributed by atoms with van der Waals surface area (Å²) >= 11 is 0. The Hall–Kier alpha value is -2.78. The molecule has 1 amide bonds. The molecule has 150 valence electrons. The predicted molar refractivity (Wildman–Crippen MR) is 107 cm³/mol. The van der Waals surface area contributed by atoms with E-state index in [1.54, 1.807) is 35.2 Å². The number of hydrogen-bond donors (Lipinski definition) is 4. The van der Waals surface area contributed by atoms with E-state index >= 15 is 0 Å². The molecule has 0 saturated carbocycles. The zero-order valence-corrected chi connectivity index (χ0v) is 16.5. The van der Waals surface area contributed by atoms with Crippen molar-refractivity contribution in [3.63, 3.8) is 0 Å². The van der Waals surface area contributed by atoms with Gasteiger partial charge in [0.15, 0.2) is 11.5 Å². The van der Waals surface area contributed by atoms with Crippen LogP contribution in [0.25, 0.3) is 0 Å². The number of aromatic hydroxyl groups is 2. The lowest BCUT2D eigenvalue weighted by atomic mass is 9.93. The van der Waals surface area contributed by atoms with E-state index in [2.05, 4.69) is 10.0 Å². The maximum Gasteiger partial charge on any atom is 0.229 e. The largest absolute Gasteiger partial charge is 0.504 e. The Balaban J connectivity index is 1.85. The van der Waals surface area contributed by atoms with E-state index in [9.17, 15) is 23.4 Å². The second-order valence-electron chi connectivity index (χ2n) is 6.85. The highest BCUT2D eigenvalue weighted by Gasteiger charge is 2.25. The van der Waals surface area contributed by atoms with Gasteiger partial charge < -0.3 is 20.4 Å². The molecule has 2 aromatic carbocycles. The van der Waals surface area contributed by atoms with Crippen molar-refractivity contribution >= 4 is 27.3 Å². The molecular formula is C19H23N3O5S. The van der Waals surface area contributed by atoms with Crippen molar-refractivity contribution in [2.75, 3.05) is 29.0 Å². The van der Waals surface area contributed by atoms with Crippen molar-refractivity contribution in [1.82, 2.24) is 5.32 Å². The van der Waals surface area contributed by atoms with E-state index in [1.807, 2.05) is 0 Å². The summed E-state index contributed by atoms with van der Waals surface area (Å²) in [5.41, 5.74) is 2.80. The second kappa shape index (κ2) is 7.69. The highest BCUT2D eigenvalue weighted by Crippen LogP contribution is 2.34. The standard InChI is InChI=1S/C19H23N3O5S/c1-12(23)22(15-5-3-14(4-6-15)21-28(2,26)27)11-17-16-10-19(25)18(24)9-13(16)7-8-20-17/h3-6,9-10,17,20-21,24-25H,7-8,11H2,1-2H3. The minimum Gasteiger partial charge on any atom is -0.504 e. The Labute approximate surface area is 163 Å². The fourth-order valence-electron chi connectivity index (χ4n) is 3.35. The summed E-state index contributed by atoms with van der Waals surface area (Å²) in [6.07, 6.45) is 1.79. The highest BCUT2D eigenvalue weighted by atomic mass is 32.2. The van der Waals surface area contributed by atoms with Gasteiger partial charge in [0.25, 0.3) is 0 Å². The van der Waals surface area contributed by atoms with Crippen molar-refractivity contribution < 1.29 is 23.4 Å². The molecule has 0 saturated heterocycles. The number of benzene rings is 2. The van der Waals surface area contributed by atoms with E-state index in [0.29, 0.717) is 30.9 Å². The van der Waals surface area contributed by atoms with Crippen molar-refractivity contribution in [3.8, 4) is 11.5 Å². The van der Waals surface area contributed by atoms with Crippen LogP contribution >= 0.6 is 0 Å². The minimum atomic E-state index is -3.38. The van der Waals surface area contributed by atoms with Crippen molar-refractivity contribution in [3.05, 3.63) is 47.5 Å². The minimum absolute atomic E-state index is 0.156. The Morgan fingerprint density at radius 2 is 1.86 bits per heavy atom. The molecule has 0 bridgehead atoms. The number of amides is 1. The van der Waals surface area contributed by atoms with Gasteiger partial charge in [0.1, 0.15) is 0 Å². The number of fused-ring (bicyclic) bond motifs is 1. The van der Waals surface area contributed by atoms with Crippen LogP contribution in [0.3, 0.4) is 0 Å². The first-order chi connectivity index (χ1) is 13.1. The topological polar surface area (TPSA) is 119 Å². The lowest BCUT2D eigenvalue weighted by Gasteiger charge is -2.32. The van der Waals surface area contributed by atoms with Crippen LogP contribution in [-0.4, -0.2) is 43.9 Å². The van der Waals surface area contributed by atoms with Gasteiger partial charge in [-0.05, 0) is 60.5 Å². The summed E-state index contributed by atoms with van der Waals surface area (Å²) in [5, 5.41) is 22.9. The van der Waals surface area contributed by atoms with E-state index in [4.69, 9.17) is 0 Å². The molecule has 8 nitrogen and oxygen atoms in total. The summed E-state index contributed by atoms with van der Waals surface area (Å²) < 4.78 is 25.1. The fraction of sp³-hybridized carbons (Fsp3) is 0.316. The van der Waals surface area contributed by atoms with Crippen molar-refractivity contribution in [2.45, 2.75) is 19.4 Å². The van der Waals surface area contributed by atoms with Gasteiger partial charge in [-0.3, -0.25) is 9.52 Å². The van der Waals surface area contributed by atoms with E-state index in [0.717, 1.165) is 17.4 Å². The smallest absolute Gasteiger partial charge is 0.229 e. The molecule has 0 radical (unpaired) electrons. The fourth-order valence-corrected chi connectivity index (χ4v) is 3.92. The number of rotatable bonds is 5. The van der Waals surface area contributed by atoms with E-state index in [-0.39, 0.29) is 23.4 Å². The third kappa shape index (κ3) is 4.55. The summed E-state index contributed by atoms with van der Waals surface area (Å²) in [5.74, 6) is -0.518. The third-order valence-corrected chi connectivity index (χ3v) is 5.23. The number of carbonyl (C=O) groups excluding carboxylic acids is 1. The number of carbonyl (C=O) groups is 1. The van der Waals surface area contributed by atoms with Crippen LogP contribution in [0, 0.1) is 0 Å². The number of hydrogen-bond acceptors (Lipinski definition) is 6. The zero-order valence-electron chi connectivity index (χ0n) is 15.6. The van der Waals surface area contributed by atoms with Gasteiger partial charge in [-0.1, -0.05) is 0 Å². The molecule has 4 N–H and O–H groups in total. The first-order valence-electron chi connectivity index (χ1n) is 8.78. The van der Waals surface area contributed by atoms with Crippen LogP contribution in [0.2, 0.25) is 0 Å². The van der Waals surface area contributed by atoms with Crippen molar-refractivity contribution in [2.24, 2.45) is 0 Å². The first kappa shape index (κ1) is 20.0. The van der Waals surface area contributed by atoms with Crippen LogP contribution in [-0.2, 0) is 21.2 Å². The maximum atomic E-state index is 12.3. The van der Waals surface area contributed by atoms with Crippen LogP contribution in [0.15, 0.2) is 36.4 Å². The number of sulfonamides is 1. The molecule has 1 aliphatic heterocycles. The predicted octanol–water partition coefficient (Wildman–Crippen LogP) is 1.71. The molecule has 3 rings (SSSR count). The van der Waals surface area contributed by atoms with Gasteiger partial charge in [-0.15, -0.1) is 0 Å². The Morgan fingerprint density at radius 3 is 2.46 bits per heavy atom. The average molecular weight is 405 g/mol. The zero-order chi connectivity index (χ0) is 20.5. The van der Waals surface area contributed by atoms with Crippen molar-refractivity contribution in [1.29, 1.82) is 0 Å². The first-order valence-corrected chi connectivity index (χ1v) is 10.7. The summed E-state index contributed by atoms with van der Waals surface area (Å²) in [6.45, 7) is 2.47. The van der Waals surface area contributed by atoms with Crippen LogP contribution < -0.4 is 14.9 Å². The van der Waals surface area contributed by atoms with Gasteiger partial charge in [0, 0.05) is 24.8 Å². The SMILES string of the molecule is CC(=O)N(CC1NCCc2cc(O)c(O)cc21)c1ccc(NS(C)(=O)=O)cc1. The molecule has 9 heteroatoms. The molecule has 1 atom stereocenters. The summed E-state index contributed by atoms with van der Waals surface area (Å²) in [4.78, 5) is 13.8. The van der Waals surface area contributed by atoms with Gasteiger partial charge in [-0.25, -0.2) is 8.42 Å². The molecule has 0 aliphatic carbocycles. The number of phenols is 2. The summed E-state index contributed by atoms with van der Waals surface area (Å²) in [6, 6.07) is 9.41. The third-order valence-electron chi connectivity index (χ3n) is 4.62. The van der Waals surface area contributed by atoms with E-state index in [1.165, 1.54) is 13.0 Å². The van der Waals surface area contributed by atoms with E-state index < -0.39 is 10.0 Å². The number of phenolic OH excluding ortho intramolecular Hbond substituents is 2. The number of anilines is 2. The Bertz CT molecular complexity index is 989.